The molecule has 0 saturated carbocycles. The first-order valence-corrected chi connectivity index (χ1v) is 12.0. The summed E-state index contributed by atoms with van der Waals surface area (Å²) >= 11 is 0. The van der Waals surface area contributed by atoms with Crippen molar-refractivity contribution in [2.45, 2.75) is 20.1 Å². The van der Waals surface area contributed by atoms with E-state index in [-0.39, 0.29) is 17.9 Å². The molecule has 0 spiro atoms. The number of pyridine rings is 1. The Morgan fingerprint density at radius 3 is 2.53 bits per heavy atom. The highest BCUT2D eigenvalue weighted by Gasteiger charge is 2.13. The third-order valence-electron chi connectivity index (χ3n) is 4.73. The van der Waals surface area contributed by atoms with Crippen LogP contribution in [-0.2, 0) is 28.0 Å². The predicted molar refractivity (Wildman–Crippen MR) is 125 cm³/mol. The smallest absolute Gasteiger partial charge is 0.244 e. The highest BCUT2D eigenvalue weighted by Crippen LogP contribution is 2.25. The molecule has 1 heterocycles. The first-order valence-electron chi connectivity index (χ1n) is 10.1. The first kappa shape index (κ1) is 25.0. The molecule has 0 saturated heterocycles. The fraction of sp³-hybridized carbons (Fsp3) is 0.167. The van der Waals surface area contributed by atoms with E-state index in [0.717, 1.165) is 12.3 Å². The first-order chi connectivity index (χ1) is 16.1. The molecule has 0 radical (unpaired) electrons. The maximum atomic E-state index is 14.3. The summed E-state index contributed by atoms with van der Waals surface area (Å²) in [6, 6.07) is 11.4. The number of aryl methyl sites for hydroxylation is 1. The maximum absolute atomic E-state index is 14.3. The Kier molecular flexibility index (Phi) is 7.72. The van der Waals surface area contributed by atoms with Gasteiger partial charge >= 0.3 is 0 Å². The van der Waals surface area contributed by atoms with Crippen molar-refractivity contribution in [3.63, 3.8) is 0 Å². The minimum Gasteiger partial charge on any atom is -0.348 e. The highest BCUT2D eigenvalue weighted by molar-refractivity contribution is 7.92. The molecule has 1 aromatic heterocycles. The molecular formula is C24H22F3N3O3S. The number of carbonyl (C=O) groups excluding carboxylic acids is 1. The van der Waals surface area contributed by atoms with E-state index in [0.29, 0.717) is 27.9 Å². The molecule has 0 atom stereocenters. The molecule has 34 heavy (non-hydrogen) atoms. The number of alkyl halides is 1. The molecule has 2 N–H and O–H groups in total. The van der Waals surface area contributed by atoms with Gasteiger partial charge in [-0.1, -0.05) is 24.3 Å². The molecule has 1 amide bonds. The topological polar surface area (TPSA) is 88.2 Å². The third kappa shape index (κ3) is 6.67. The molecule has 0 aliphatic heterocycles. The molecule has 0 unspecified atom stereocenters. The SMILES string of the molecule is Cc1cc(CNC(=O)/C=C/c2ccc(CF)nc2-c2cccc(F)c2)cc(F)c1NS(C)(=O)=O. The van der Waals surface area contributed by atoms with Crippen LogP contribution >= 0.6 is 0 Å². The molecule has 0 aliphatic carbocycles. The van der Waals surface area contributed by atoms with E-state index in [2.05, 4.69) is 15.0 Å². The van der Waals surface area contributed by atoms with E-state index in [9.17, 15) is 26.4 Å². The van der Waals surface area contributed by atoms with Gasteiger partial charge in [0.15, 0.2) is 0 Å². The van der Waals surface area contributed by atoms with Gasteiger partial charge in [0.25, 0.3) is 0 Å². The van der Waals surface area contributed by atoms with E-state index < -0.39 is 34.2 Å². The molecule has 0 aliphatic rings. The van der Waals surface area contributed by atoms with E-state index in [1.165, 1.54) is 36.4 Å². The van der Waals surface area contributed by atoms with Gasteiger partial charge in [0.1, 0.15) is 18.3 Å². The largest absolute Gasteiger partial charge is 0.348 e. The van der Waals surface area contributed by atoms with Crippen LogP contribution in [0.25, 0.3) is 17.3 Å². The predicted octanol–water partition coefficient (Wildman–Crippen LogP) is 4.51. The summed E-state index contributed by atoms with van der Waals surface area (Å²) in [6.45, 7) is 0.751. The minimum atomic E-state index is -3.64. The number of halogens is 3. The standard InChI is InChI=1S/C24H22F3N3O3S/c1-15-10-16(11-21(27)23(15)30-34(2,32)33)14-28-22(31)9-7-17-6-8-20(13-25)29-24(17)18-4-3-5-19(26)12-18/h3-12,30H,13-14H2,1-2H3,(H,28,31)/b9-7+. The Labute approximate surface area is 195 Å². The summed E-state index contributed by atoms with van der Waals surface area (Å²) in [6.07, 6.45) is 3.62. The number of anilines is 1. The average molecular weight is 490 g/mol. The van der Waals surface area contributed by atoms with Crippen molar-refractivity contribution < 1.29 is 26.4 Å². The lowest BCUT2D eigenvalue weighted by molar-refractivity contribution is -0.116. The van der Waals surface area contributed by atoms with Crippen molar-refractivity contribution >= 4 is 27.7 Å². The van der Waals surface area contributed by atoms with Crippen molar-refractivity contribution in [3.8, 4) is 11.3 Å². The second kappa shape index (κ2) is 10.5. The zero-order valence-electron chi connectivity index (χ0n) is 18.4. The van der Waals surface area contributed by atoms with Gasteiger partial charge in [0.2, 0.25) is 15.9 Å². The molecule has 3 aromatic rings. The third-order valence-corrected chi connectivity index (χ3v) is 5.31. The number of amides is 1. The van der Waals surface area contributed by atoms with Crippen LogP contribution in [0.15, 0.2) is 54.6 Å². The second-order valence-electron chi connectivity index (χ2n) is 7.58. The molecule has 3 rings (SSSR count). The number of hydrogen-bond donors (Lipinski definition) is 2. The Hall–Kier alpha value is -3.66. The number of benzene rings is 2. The molecule has 2 aromatic carbocycles. The Bertz CT molecular complexity index is 1340. The van der Waals surface area contributed by atoms with Gasteiger partial charge in [-0.2, -0.15) is 0 Å². The molecule has 178 valence electrons. The van der Waals surface area contributed by atoms with Crippen LogP contribution in [0, 0.1) is 18.6 Å². The summed E-state index contributed by atoms with van der Waals surface area (Å²) in [5.41, 5.74) is 2.07. The molecular weight excluding hydrogens is 467 g/mol. The molecule has 0 fully saturated rings. The fourth-order valence-electron chi connectivity index (χ4n) is 3.23. The van der Waals surface area contributed by atoms with Gasteiger partial charge in [0.05, 0.1) is 23.3 Å². The van der Waals surface area contributed by atoms with Crippen molar-refractivity contribution in [1.82, 2.24) is 10.3 Å². The Morgan fingerprint density at radius 2 is 1.88 bits per heavy atom. The van der Waals surface area contributed by atoms with E-state index in [1.807, 2.05) is 0 Å². The van der Waals surface area contributed by atoms with Gasteiger partial charge in [0, 0.05) is 23.7 Å². The van der Waals surface area contributed by atoms with Crippen molar-refractivity contribution in [3.05, 3.63) is 88.6 Å². The lowest BCUT2D eigenvalue weighted by Gasteiger charge is -2.11. The van der Waals surface area contributed by atoms with Crippen molar-refractivity contribution in [2.75, 3.05) is 11.0 Å². The molecule has 6 nitrogen and oxygen atoms in total. The van der Waals surface area contributed by atoms with Crippen molar-refractivity contribution in [2.24, 2.45) is 0 Å². The monoisotopic (exact) mass is 489 g/mol. The zero-order chi connectivity index (χ0) is 24.9. The number of nitrogens with zero attached hydrogens (tertiary/aromatic N) is 1. The summed E-state index contributed by atoms with van der Waals surface area (Å²) < 4.78 is 65.9. The number of hydrogen-bond acceptors (Lipinski definition) is 4. The Morgan fingerprint density at radius 1 is 1.12 bits per heavy atom. The van der Waals surface area contributed by atoms with E-state index in [1.54, 1.807) is 25.1 Å². The van der Waals surface area contributed by atoms with Gasteiger partial charge in [-0.15, -0.1) is 0 Å². The highest BCUT2D eigenvalue weighted by atomic mass is 32.2. The summed E-state index contributed by atoms with van der Waals surface area (Å²) in [4.78, 5) is 16.5. The molecule has 10 heteroatoms. The summed E-state index contributed by atoms with van der Waals surface area (Å²) in [7, 11) is -3.64. The van der Waals surface area contributed by atoms with Crippen LogP contribution in [0.2, 0.25) is 0 Å². The van der Waals surface area contributed by atoms with E-state index in [4.69, 9.17) is 0 Å². The number of sulfonamides is 1. The summed E-state index contributed by atoms with van der Waals surface area (Å²) in [5.74, 6) is -1.72. The normalized spacial score (nSPS) is 11.6. The lowest BCUT2D eigenvalue weighted by Crippen LogP contribution is -2.20. The van der Waals surface area contributed by atoms with Crippen LogP contribution in [0.3, 0.4) is 0 Å². The van der Waals surface area contributed by atoms with E-state index >= 15 is 0 Å². The van der Waals surface area contributed by atoms with Gasteiger partial charge in [-0.25, -0.2) is 26.6 Å². The number of aromatic nitrogens is 1. The van der Waals surface area contributed by atoms with Crippen LogP contribution in [0.5, 0.6) is 0 Å². The van der Waals surface area contributed by atoms with Crippen molar-refractivity contribution in [1.29, 1.82) is 0 Å². The maximum Gasteiger partial charge on any atom is 0.244 e. The molecule has 0 bridgehead atoms. The zero-order valence-corrected chi connectivity index (χ0v) is 19.2. The second-order valence-corrected chi connectivity index (χ2v) is 9.33. The minimum absolute atomic E-state index is 0.00409. The number of rotatable bonds is 8. The summed E-state index contributed by atoms with van der Waals surface area (Å²) in [5, 5.41) is 2.61. The van der Waals surface area contributed by atoms with Gasteiger partial charge in [-0.3, -0.25) is 9.52 Å². The average Bonchev–Trinajstić information content (AvgIpc) is 2.78. The quantitative estimate of drug-likeness (QED) is 0.456. The van der Waals surface area contributed by atoms with Crippen LogP contribution in [-0.4, -0.2) is 25.6 Å². The van der Waals surface area contributed by atoms with Crippen LogP contribution < -0.4 is 10.0 Å². The van der Waals surface area contributed by atoms with Gasteiger partial charge in [-0.05, 0) is 48.4 Å². The Balaban J connectivity index is 1.75. The number of nitrogens with one attached hydrogen (secondary N) is 2. The van der Waals surface area contributed by atoms with Crippen LogP contribution in [0.1, 0.15) is 22.4 Å². The number of carbonyl (C=O) groups is 1. The van der Waals surface area contributed by atoms with Crippen LogP contribution in [0.4, 0.5) is 18.9 Å². The fourth-order valence-corrected chi connectivity index (χ4v) is 3.86. The lowest BCUT2D eigenvalue weighted by atomic mass is 10.0. The van der Waals surface area contributed by atoms with Gasteiger partial charge < -0.3 is 5.32 Å².